The molecule has 1 atom stereocenters. The summed E-state index contributed by atoms with van der Waals surface area (Å²) in [5.41, 5.74) is 1.91. The van der Waals surface area contributed by atoms with Gasteiger partial charge in [0.15, 0.2) is 11.5 Å². The maximum absolute atomic E-state index is 9.45. The summed E-state index contributed by atoms with van der Waals surface area (Å²) in [6.07, 6.45) is 1.75. The first kappa shape index (κ1) is 12.7. The van der Waals surface area contributed by atoms with Crippen LogP contribution in [0.1, 0.15) is 17.2 Å². The Morgan fingerprint density at radius 2 is 1.90 bits per heavy atom. The van der Waals surface area contributed by atoms with Gasteiger partial charge in [-0.3, -0.25) is 4.99 Å². The van der Waals surface area contributed by atoms with Crippen LogP contribution in [0.5, 0.6) is 11.5 Å². The first-order valence-electron chi connectivity index (χ1n) is 6.45. The lowest BCUT2D eigenvalue weighted by Crippen LogP contribution is -2.01. The molecule has 4 heteroatoms. The zero-order valence-corrected chi connectivity index (χ0v) is 10.9. The van der Waals surface area contributed by atoms with Gasteiger partial charge in [0, 0.05) is 6.21 Å². The van der Waals surface area contributed by atoms with E-state index in [2.05, 4.69) is 4.99 Å². The molecule has 102 valence electrons. The summed E-state index contributed by atoms with van der Waals surface area (Å²) in [4.78, 5) is 4.44. The summed E-state index contributed by atoms with van der Waals surface area (Å²) in [5.74, 6) is 1.48. The van der Waals surface area contributed by atoms with Gasteiger partial charge in [0.25, 0.3) is 0 Å². The molecule has 0 aliphatic carbocycles. The van der Waals surface area contributed by atoms with Crippen molar-refractivity contribution in [3.05, 3.63) is 59.7 Å². The maximum Gasteiger partial charge on any atom is 0.231 e. The molecule has 0 unspecified atom stereocenters. The maximum atomic E-state index is 9.45. The summed E-state index contributed by atoms with van der Waals surface area (Å²) < 4.78 is 10.6. The van der Waals surface area contributed by atoms with Gasteiger partial charge in [-0.1, -0.05) is 30.3 Å². The van der Waals surface area contributed by atoms with Crippen LogP contribution in [0.25, 0.3) is 0 Å². The first-order chi connectivity index (χ1) is 9.86. The Morgan fingerprint density at radius 1 is 1.10 bits per heavy atom. The number of aliphatic imine (C=N–C) groups is 1. The van der Waals surface area contributed by atoms with Crippen molar-refractivity contribution in [1.82, 2.24) is 0 Å². The minimum absolute atomic E-state index is 0.0228. The zero-order valence-electron chi connectivity index (χ0n) is 10.9. The average Bonchev–Trinajstić information content (AvgIpc) is 2.96. The normalized spacial score (nSPS) is 14.7. The predicted octanol–water partition coefficient (Wildman–Crippen LogP) is 2.57. The second-order valence-corrected chi connectivity index (χ2v) is 4.50. The molecule has 0 spiro atoms. The Kier molecular flexibility index (Phi) is 3.65. The van der Waals surface area contributed by atoms with Crippen molar-refractivity contribution in [3.63, 3.8) is 0 Å². The van der Waals surface area contributed by atoms with E-state index >= 15 is 0 Å². The molecule has 1 aliphatic rings. The van der Waals surface area contributed by atoms with Crippen LogP contribution in [0.15, 0.2) is 53.5 Å². The van der Waals surface area contributed by atoms with Gasteiger partial charge in [0.2, 0.25) is 6.79 Å². The molecule has 0 saturated carbocycles. The highest BCUT2D eigenvalue weighted by molar-refractivity contribution is 5.81. The van der Waals surface area contributed by atoms with Gasteiger partial charge >= 0.3 is 0 Å². The van der Waals surface area contributed by atoms with Crippen molar-refractivity contribution in [2.75, 3.05) is 13.4 Å². The van der Waals surface area contributed by atoms with Crippen molar-refractivity contribution in [1.29, 1.82) is 0 Å². The third-order valence-electron chi connectivity index (χ3n) is 3.16. The van der Waals surface area contributed by atoms with E-state index in [1.54, 1.807) is 6.21 Å². The highest BCUT2D eigenvalue weighted by Gasteiger charge is 2.13. The van der Waals surface area contributed by atoms with Crippen LogP contribution < -0.4 is 9.47 Å². The molecule has 0 amide bonds. The molecule has 0 radical (unpaired) electrons. The summed E-state index contributed by atoms with van der Waals surface area (Å²) in [6, 6.07) is 15.1. The number of aliphatic hydroxyl groups is 1. The van der Waals surface area contributed by atoms with Crippen LogP contribution in [0, 0.1) is 0 Å². The molecule has 1 aliphatic heterocycles. The lowest BCUT2D eigenvalue weighted by Gasteiger charge is -2.09. The van der Waals surface area contributed by atoms with E-state index in [4.69, 9.17) is 9.47 Å². The lowest BCUT2D eigenvalue weighted by atomic mass is 10.1. The Hall–Kier alpha value is -2.33. The van der Waals surface area contributed by atoms with Crippen molar-refractivity contribution in [3.8, 4) is 11.5 Å². The predicted molar refractivity (Wildman–Crippen MR) is 76.4 cm³/mol. The minimum atomic E-state index is -0.248. The van der Waals surface area contributed by atoms with Crippen molar-refractivity contribution >= 4 is 6.21 Å². The standard InChI is InChI=1S/C16H15NO3/c18-10-14(13-4-2-1-3-5-13)17-9-12-6-7-15-16(8-12)20-11-19-15/h1-9,14,18H,10-11H2/b17-9+/t14-/m0/s1. The smallest absolute Gasteiger partial charge is 0.231 e. The Morgan fingerprint density at radius 3 is 2.70 bits per heavy atom. The van der Waals surface area contributed by atoms with Crippen molar-refractivity contribution in [2.24, 2.45) is 4.99 Å². The monoisotopic (exact) mass is 269 g/mol. The van der Waals surface area contributed by atoms with Crippen LogP contribution >= 0.6 is 0 Å². The second-order valence-electron chi connectivity index (χ2n) is 4.50. The number of hydrogen-bond donors (Lipinski definition) is 1. The number of fused-ring (bicyclic) bond motifs is 1. The number of hydrogen-bond acceptors (Lipinski definition) is 4. The van der Waals surface area contributed by atoms with Crippen molar-refractivity contribution in [2.45, 2.75) is 6.04 Å². The van der Waals surface area contributed by atoms with E-state index in [-0.39, 0.29) is 19.4 Å². The molecule has 1 N–H and O–H groups in total. The van der Waals surface area contributed by atoms with E-state index in [0.29, 0.717) is 0 Å². The molecule has 20 heavy (non-hydrogen) atoms. The zero-order chi connectivity index (χ0) is 13.8. The fourth-order valence-electron chi connectivity index (χ4n) is 2.08. The van der Waals surface area contributed by atoms with E-state index in [0.717, 1.165) is 22.6 Å². The summed E-state index contributed by atoms with van der Waals surface area (Å²) in [5, 5.41) is 9.45. The molecule has 1 heterocycles. The molecular weight excluding hydrogens is 254 g/mol. The molecule has 0 aromatic heterocycles. The molecule has 2 aromatic rings. The fourth-order valence-corrected chi connectivity index (χ4v) is 2.08. The lowest BCUT2D eigenvalue weighted by molar-refractivity contribution is 0.174. The molecule has 0 saturated heterocycles. The molecular formula is C16H15NO3. The van der Waals surface area contributed by atoms with Gasteiger partial charge in [-0.15, -0.1) is 0 Å². The molecule has 2 aromatic carbocycles. The molecule has 4 nitrogen and oxygen atoms in total. The van der Waals surface area contributed by atoms with Crippen LogP contribution in [0.2, 0.25) is 0 Å². The van der Waals surface area contributed by atoms with E-state index < -0.39 is 0 Å². The topological polar surface area (TPSA) is 51.1 Å². The van der Waals surface area contributed by atoms with Crippen LogP contribution in [0.4, 0.5) is 0 Å². The highest BCUT2D eigenvalue weighted by atomic mass is 16.7. The van der Waals surface area contributed by atoms with Crippen molar-refractivity contribution < 1.29 is 14.6 Å². The van der Waals surface area contributed by atoms with Gasteiger partial charge in [0.1, 0.15) is 0 Å². The van der Waals surface area contributed by atoms with Gasteiger partial charge in [-0.2, -0.15) is 0 Å². The largest absolute Gasteiger partial charge is 0.454 e. The SMILES string of the molecule is OC[C@H](/N=C/c1ccc2c(c1)OCO2)c1ccccc1. The average molecular weight is 269 g/mol. The molecule has 0 fully saturated rings. The van der Waals surface area contributed by atoms with E-state index in [1.807, 2.05) is 48.5 Å². The Labute approximate surface area is 117 Å². The summed E-state index contributed by atoms with van der Waals surface area (Å²) >= 11 is 0. The van der Waals surface area contributed by atoms with Crippen LogP contribution in [-0.2, 0) is 0 Å². The van der Waals surface area contributed by atoms with E-state index in [1.165, 1.54) is 0 Å². The first-order valence-corrected chi connectivity index (χ1v) is 6.45. The van der Waals surface area contributed by atoms with Gasteiger partial charge in [0.05, 0.1) is 12.6 Å². The highest BCUT2D eigenvalue weighted by Crippen LogP contribution is 2.32. The summed E-state index contributed by atoms with van der Waals surface area (Å²) in [6.45, 7) is 0.240. The van der Waals surface area contributed by atoms with Gasteiger partial charge in [-0.05, 0) is 29.3 Å². The van der Waals surface area contributed by atoms with E-state index in [9.17, 15) is 5.11 Å². The third-order valence-corrected chi connectivity index (χ3v) is 3.16. The molecule has 0 bridgehead atoms. The quantitative estimate of drug-likeness (QED) is 0.868. The number of ether oxygens (including phenoxy) is 2. The van der Waals surface area contributed by atoms with Gasteiger partial charge in [-0.25, -0.2) is 0 Å². The fraction of sp³-hybridized carbons (Fsp3) is 0.188. The third kappa shape index (κ3) is 2.65. The summed E-state index contributed by atoms with van der Waals surface area (Å²) in [7, 11) is 0. The minimum Gasteiger partial charge on any atom is -0.454 e. The second kappa shape index (κ2) is 5.75. The number of nitrogens with zero attached hydrogens (tertiary/aromatic N) is 1. The number of aliphatic hydroxyl groups excluding tert-OH is 1. The number of benzene rings is 2. The Balaban J connectivity index is 1.79. The van der Waals surface area contributed by atoms with Gasteiger partial charge < -0.3 is 14.6 Å². The number of rotatable bonds is 4. The van der Waals surface area contributed by atoms with Crippen LogP contribution in [-0.4, -0.2) is 24.7 Å². The van der Waals surface area contributed by atoms with Crippen LogP contribution in [0.3, 0.4) is 0 Å². The molecule has 3 rings (SSSR count). The Bertz CT molecular complexity index is 610.